The van der Waals surface area contributed by atoms with Crippen molar-refractivity contribution >= 4 is 185 Å². The average molecular weight is 2160 g/mol. The summed E-state index contributed by atoms with van der Waals surface area (Å²) in [6.45, 7) is -1.94. The Labute approximate surface area is 891 Å². The zero-order valence-electron chi connectivity index (χ0n) is 76.4. The summed E-state index contributed by atoms with van der Waals surface area (Å²) in [5.41, 5.74) is 0.301. The molecule has 20 rings (SSSR count). The van der Waals surface area contributed by atoms with E-state index in [-0.39, 0.29) is 119 Å². The average Bonchev–Trinajstić information content (AvgIpc) is 1.60. The molecule has 0 saturated carbocycles. The largest absolute Gasteiger partial charge is 1.00 e. The molecular formula is C110H88BClF7KN8O4P4PdS4. The number of hydrogen-bond donors (Lipinski definition) is 0. The van der Waals surface area contributed by atoms with E-state index >= 15 is 0 Å². The number of fused-ring (bicyclic) bond motifs is 2. The Morgan fingerprint density at radius 3 is 0.794 bits per heavy atom. The number of thioether (sulfide) groups is 2. The number of pyridine rings is 2. The van der Waals surface area contributed by atoms with Gasteiger partial charge in [0.15, 0.2) is 28.8 Å². The molecule has 6 aromatic heterocycles. The monoisotopic (exact) mass is 2160 g/mol. The van der Waals surface area contributed by atoms with Crippen molar-refractivity contribution in [2.24, 2.45) is 0 Å². The van der Waals surface area contributed by atoms with Crippen molar-refractivity contribution in [1.29, 1.82) is 0 Å². The predicted molar refractivity (Wildman–Crippen MR) is 568 cm³/mol. The molecule has 0 saturated heterocycles. The second-order valence-electron chi connectivity index (χ2n) is 30.4. The van der Waals surface area contributed by atoms with Crippen LogP contribution in [0.25, 0.3) is 33.5 Å². The topological polar surface area (TPSA) is 155 Å². The third-order valence-corrected chi connectivity index (χ3v) is 35.5. The SMILES string of the molecule is CSc1nc(-c2cn(S(=O)(=O)c3ccc(C)cc3)c3ncc(F)cc23)ncc1F.CSc1nc(Cl)ncc1F.Cc1ccc(S(=O)(=O)n2cc([B-](F)(F)F)c3cc(F)cnc32)cc1.[K+].[Pd].c1ccc(P(c2ccccc2)c2ccccc2)cc1.c1ccc(P(c2ccccc2)c2ccccc2)cc1.c1ccc(P(c2ccccc2)c2ccccc2)cc1.c1ccc(P(c2ccccc2)c2ccccc2)cc1. The van der Waals surface area contributed by atoms with Crippen molar-refractivity contribution in [2.75, 3.05) is 12.5 Å². The Morgan fingerprint density at radius 2 is 0.546 bits per heavy atom. The van der Waals surface area contributed by atoms with E-state index < -0.39 is 98.5 Å². The van der Waals surface area contributed by atoms with Crippen LogP contribution in [0.3, 0.4) is 0 Å². The Bertz CT molecular complexity index is 6740. The van der Waals surface area contributed by atoms with E-state index in [4.69, 9.17) is 11.6 Å². The fourth-order valence-electron chi connectivity index (χ4n) is 14.4. The molecule has 0 bridgehead atoms. The normalized spacial score (nSPS) is 11.0. The van der Waals surface area contributed by atoms with Gasteiger partial charge in [0.1, 0.15) is 21.7 Å². The number of benzene rings is 14. The van der Waals surface area contributed by atoms with Gasteiger partial charge in [-0.3, -0.25) is 0 Å². The van der Waals surface area contributed by atoms with E-state index in [1.807, 2.05) is 6.92 Å². The molecule has 0 unspecified atom stereocenters. The molecule has 0 amide bonds. The maximum absolute atomic E-state index is 13.9. The molecule has 141 heavy (non-hydrogen) atoms. The zero-order valence-corrected chi connectivity index (χ0v) is 88.7. The molecule has 12 nitrogen and oxygen atoms in total. The van der Waals surface area contributed by atoms with Crippen molar-refractivity contribution in [3.63, 3.8) is 0 Å². The Morgan fingerprint density at radius 1 is 0.312 bits per heavy atom. The van der Waals surface area contributed by atoms with Crippen LogP contribution in [0.4, 0.5) is 30.5 Å². The van der Waals surface area contributed by atoms with Crippen molar-refractivity contribution in [3.05, 3.63) is 502 Å². The summed E-state index contributed by atoms with van der Waals surface area (Å²) in [6.07, 6.45) is 8.78. The summed E-state index contributed by atoms with van der Waals surface area (Å²) in [4.78, 5) is 22.6. The number of aromatic nitrogens is 8. The molecule has 0 fully saturated rings. The van der Waals surface area contributed by atoms with E-state index in [1.165, 1.54) is 118 Å². The standard InChI is InChI=1S/C19H14F2N4O2S2.4C18H15P.C14H10BF4N2O2S.C5H4ClFN2S.K.Pd/c1-11-3-5-13(6-4-11)29(26,27)25-10-15(14-7-12(20)8-23-18(14)25)17-22-9-16(21)19(24-17)28-2;4*1-4-10-16(11-5-1)19(17-12-6-2-7-13-17)18-14-8-3-9-15-18;1-9-2-4-11(5-3-9)24(22,23)21-8-13(15(17,18)19)12-6-10(16)7-20-14(12)21;1-10-4-3(7)2-8-5(6)9-4;;/h3-10H,1-2H3;4*1-15H;2-8H,1H3;2H,1H3;;/q;;;;;-1;;+1;. The molecule has 706 valence electrons. The summed E-state index contributed by atoms with van der Waals surface area (Å²) in [5.74, 6) is -2.57. The first-order valence-corrected chi connectivity index (χ1v) is 54.3. The van der Waals surface area contributed by atoms with E-state index in [9.17, 15) is 47.3 Å². The van der Waals surface area contributed by atoms with Gasteiger partial charge in [0.05, 0.1) is 34.6 Å². The first kappa shape index (κ1) is 109. The molecular weight excluding hydrogens is 2070 g/mol. The van der Waals surface area contributed by atoms with E-state index in [1.54, 1.807) is 31.6 Å². The maximum atomic E-state index is 13.9. The molecule has 0 aliphatic carbocycles. The van der Waals surface area contributed by atoms with Crippen LogP contribution in [0, 0.1) is 37.1 Å². The van der Waals surface area contributed by atoms with Gasteiger partial charge in [-0.05, 0) is 181 Å². The quantitative estimate of drug-likeness (QED) is 0.0178. The van der Waals surface area contributed by atoms with Gasteiger partial charge in [-0.25, -0.2) is 72.2 Å². The molecule has 6 heterocycles. The van der Waals surface area contributed by atoms with Gasteiger partial charge in [-0.15, -0.1) is 23.5 Å². The van der Waals surface area contributed by atoms with E-state index in [0.717, 1.165) is 51.5 Å². The first-order chi connectivity index (χ1) is 67.4. The van der Waals surface area contributed by atoms with Crippen LogP contribution in [0.15, 0.2) is 482 Å². The minimum Gasteiger partial charge on any atom is -0.445 e. The summed E-state index contributed by atoms with van der Waals surface area (Å²) >= 11 is 7.67. The second kappa shape index (κ2) is 53.4. The van der Waals surface area contributed by atoms with Crippen LogP contribution in [0.1, 0.15) is 11.1 Å². The van der Waals surface area contributed by atoms with Crippen molar-refractivity contribution < 1.29 is 119 Å². The molecule has 0 spiro atoms. The Hall–Kier alpha value is -10.9. The predicted octanol–water partition coefficient (Wildman–Crippen LogP) is 19.6. The number of aryl methyl sites for hydroxylation is 2. The molecule has 0 atom stereocenters. The number of rotatable bonds is 20. The van der Waals surface area contributed by atoms with Gasteiger partial charge < -0.3 is 12.9 Å². The van der Waals surface area contributed by atoms with Gasteiger partial charge in [0, 0.05) is 37.6 Å². The van der Waals surface area contributed by atoms with E-state index in [2.05, 4.69) is 394 Å². The van der Waals surface area contributed by atoms with Gasteiger partial charge in [-0.2, -0.15) is 0 Å². The number of nitrogens with zero attached hydrogens (tertiary/aromatic N) is 8. The van der Waals surface area contributed by atoms with Gasteiger partial charge in [0.25, 0.3) is 20.0 Å². The van der Waals surface area contributed by atoms with Crippen LogP contribution >= 0.6 is 66.8 Å². The summed E-state index contributed by atoms with van der Waals surface area (Å²) in [7, 11) is -10.1. The van der Waals surface area contributed by atoms with Crippen LogP contribution in [-0.4, -0.2) is 74.2 Å². The number of halogens is 8. The Balaban J connectivity index is 0.000000149. The zero-order chi connectivity index (χ0) is 97.7. The maximum Gasteiger partial charge on any atom is 1.00 e. The molecule has 31 heteroatoms. The van der Waals surface area contributed by atoms with Gasteiger partial charge in [0.2, 0.25) is 5.28 Å². The van der Waals surface area contributed by atoms with Crippen LogP contribution < -0.4 is 121 Å². The van der Waals surface area contributed by atoms with Crippen molar-refractivity contribution in [2.45, 2.75) is 33.7 Å². The Kier molecular flexibility index (Phi) is 41.3. The smallest absolute Gasteiger partial charge is 0.445 e. The molecule has 20 aromatic rings. The molecule has 0 aliphatic heterocycles. The van der Waals surface area contributed by atoms with Crippen LogP contribution in [0.2, 0.25) is 5.28 Å². The molecule has 0 aliphatic rings. The fraction of sp³-hybridized carbons (Fsp3) is 0.0364. The van der Waals surface area contributed by atoms with Crippen LogP contribution in [0.5, 0.6) is 0 Å². The molecule has 0 N–H and O–H groups in total. The van der Waals surface area contributed by atoms with Crippen molar-refractivity contribution in [1.82, 2.24) is 37.8 Å². The third-order valence-electron chi connectivity index (χ3n) is 20.9. The molecule has 14 aromatic carbocycles. The third kappa shape index (κ3) is 29.2. The van der Waals surface area contributed by atoms with Crippen molar-refractivity contribution in [3.8, 4) is 11.4 Å². The van der Waals surface area contributed by atoms with Gasteiger partial charge >= 0.3 is 58.4 Å². The van der Waals surface area contributed by atoms with E-state index in [0.29, 0.717) is 22.4 Å². The van der Waals surface area contributed by atoms with Gasteiger partial charge in [-0.1, -0.05) is 405 Å². The number of hydrogen-bond acceptors (Lipinski definition) is 12. The fourth-order valence-corrected chi connectivity index (χ4v) is 27.3. The van der Waals surface area contributed by atoms with Crippen LogP contribution in [-0.2, 0) is 40.5 Å². The summed E-state index contributed by atoms with van der Waals surface area (Å²) in [6, 6.07) is 143. The first-order valence-electron chi connectivity index (χ1n) is 43.2. The second-order valence-corrected chi connectivity index (χ2v) is 44.8. The minimum atomic E-state index is -5.54. The molecule has 0 radical (unpaired) electrons. The minimum absolute atomic E-state index is 0. The summed E-state index contributed by atoms with van der Waals surface area (Å²) < 4.78 is 146. The summed E-state index contributed by atoms with van der Waals surface area (Å²) in [5, 5.41) is 16.9.